The number of benzene rings is 2. The number of carbonyl (C=O) groups is 2. The topological polar surface area (TPSA) is 43.9 Å². The molecule has 9 heteroatoms. The van der Waals surface area contributed by atoms with E-state index in [1.807, 2.05) is 9.80 Å². The highest BCUT2D eigenvalue weighted by atomic mass is 19.4. The second-order valence-corrected chi connectivity index (χ2v) is 7.33. The second kappa shape index (κ2) is 7.71. The maximum Gasteiger partial charge on any atom is 0.416 e. The predicted octanol–water partition coefficient (Wildman–Crippen LogP) is 3.30. The Bertz CT molecular complexity index is 953. The quantitative estimate of drug-likeness (QED) is 0.564. The SMILES string of the molecule is O=C1C[C@H](N2CCN(c3cccc(C(F)(F)F)c3)CC2)C(=O)N1c1ccc(F)cc1. The van der Waals surface area contributed by atoms with Gasteiger partial charge >= 0.3 is 6.18 Å². The molecule has 2 amide bonds. The lowest BCUT2D eigenvalue weighted by atomic mass is 10.1. The fourth-order valence-corrected chi connectivity index (χ4v) is 3.93. The molecule has 2 aliphatic rings. The third-order valence-electron chi connectivity index (χ3n) is 5.50. The van der Waals surface area contributed by atoms with Crippen molar-refractivity contribution in [2.24, 2.45) is 0 Å². The van der Waals surface area contributed by atoms with Crippen molar-refractivity contribution >= 4 is 23.2 Å². The van der Waals surface area contributed by atoms with Gasteiger partial charge in [0.15, 0.2) is 0 Å². The van der Waals surface area contributed by atoms with E-state index in [1.54, 1.807) is 6.07 Å². The van der Waals surface area contributed by atoms with Crippen LogP contribution in [0.4, 0.5) is 28.9 Å². The number of hydrogen-bond acceptors (Lipinski definition) is 4. The van der Waals surface area contributed by atoms with Gasteiger partial charge in [0.1, 0.15) is 5.82 Å². The summed E-state index contributed by atoms with van der Waals surface area (Å²) in [5, 5.41) is 0. The highest BCUT2D eigenvalue weighted by Gasteiger charge is 2.43. The number of hydrogen-bond donors (Lipinski definition) is 0. The fourth-order valence-electron chi connectivity index (χ4n) is 3.93. The first-order valence-electron chi connectivity index (χ1n) is 9.52. The summed E-state index contributed by atoms with van der Waals surface area (Å²) >= 11 is 0. The third kappa shape index (κ3) is 3.89. The largest absolute Gasteiger partial charge is 0.416 e. The van der Waals surface area contributed by atoms with E-state index >= 15 is 0 Å². The van der Waals surface area contributed by atoms with Crippen LogP contribution in [0.3, 0.4) is 0 Å². The van der Waals surface area contributed by atoms with Crippen LogP contribution in [0.1, 0.15) is 12.0 Å². The van der Waals surface area contributed by atoms with Crippen molar-refractivity contribution in [3.63, 3.8) is 0 Å². The molecule has 2 aliphatic heterocycles. The molecule has 2 aromatic rings. The Hall–Kier alpha value is -2.94. The first-order chi connectivity index (χ1) is 14.2. The van der Waals surface area contributed by atoms with E-state index in [0.717, 1.165) is 17.0 Å². The molecule has 30 heavy (non-hydrogen) atoms. The van der Waals surface area contributed by atoms with Crippen LogP contribution < -0.4 is 9.80 Å². The lowest BCUT2D eigenvalue weighted by molar-refractivity contribution is -0.137. The zero-order valence-corrected chi connectivity index (χ0v) is 15.9. The zero-order chi connectivity index (χ0) is 21.5. The maximum atomic E-state index is 13.1. The molecule has 0 aliphatic carbocycles. The summed E-state index contributed by atoms with van der Waals surface area (Å²) in [6, 6.07) is 9.70. The molecule has 0 spiro atoms. The molecular weight excluding hydrogens is 402 g/mol. The lowest BCUT2D eigenvalue weighted by Gasteiger charge is -2.38. The lowest BCUT2D eigenvalue weighted by Crippen LogP contribution is -2.52. The van der Waals surface area contributed by atoms with Gasteiger partial charge in [-0.15, -0.1) is 0 Å². The van der Waals surface area contributed by atoms with E-state index in [-0.39, 0.29) is 18.2 Å². The Morgan fingerprint density at radius 3 is 2.17 bits per heavy atom. The van der Waals surface area contributed by atoms with Gasteiger partial charge < -0.3 is 4.90 Å². The van der Waals surface area contributed by atoms with Crippen molar-refractivity contribution in [2.75, 3.05) is 36.0 Å². The molecule has 0 N–H and O–H groups in total. The predicted molar refractivity (Wildman–Crippen MR) is 103 cm³/mol. The van der Waals surface area contributed by atoms with Crippen LogP contribution in [0.5, 0.6) is 0 Å². The first-order valence-corrected chi connectivity index (χ1v) is 9.52. The first kappa shape index (κ1) is 20.3. The van der Waals surface area contributed by atoms with E-state index < -0.39 is 23.6 Å². The minimum absolute atomic E-state index is 0.0275. The number of rotatable bonds is 3. The highest BCUT2D eigenvalue weighted by Crippen LogP contribution is 2.32. The molecule has 0 aromatic heterocycles. The summed E-state index contributed by atoms with van der Waals surface area (Å²) in [4.78, 5) is 30.0. The molecule has 2 fully saturated rings. The molecule has 1 atom stereocenters. The molecule has 2 aromatic carbocycles. The summed E-state index contributed by atoms with van der Waals surface area (Å²) < 4.78 is 52.0. The minimum atomic E-state index is -4.40. The van der Waals surface area contributed by atoms with Crippen molar-refractivity contribution in [1.82, 2.24) is 4.90 Å². The van der Waals surface area contributed by atoms with Crippen molar-refractivity contribution in [1.29, 1.82) is 0 Å². The molecule has 158 valence electrons. The van der Waals surface area contributed by atoms with E-state index in [9.17, 15) is 27.2 Å². The van der Waals surface area contributed by atoms with E-state index in [1.165, 1.54) is 30.3 Å². The molecule has 5 nitrogen and oxygen atoms in total. The molecule has 2 saturated heterocycles. The van der Waals surface area contributed by atoms with E-state index in [0.29, 0.717) is 37.6 Å². The Labute approximate surface area is 170 Å². The zero-order valence-electron chi connectivity index (χ0n) is 15.9. The summed E-state index contributed by atoms with van der Waals surface area (Å²) in [7, 11) is 0. The summed E-state index contributed by atoms with van der Waals surface area (Å²) in [6.45, 7) is 1.76. The highest BCUT2D eigenvalue weighted by molar-refractivity contribution is 6.22. The summed E-state index contributed by atoms with van der Waals surface area (Å²) in [5.41, 5.74) is 0.108. The van der Waals surface area contributed by atoms with Gasteiger partial charge in [0.2, 0.25) is 5.91 Å². The molecule has 2 heterocycles. The number of halogens is 4. The van der Waals surface area contributed by atoms with Crippen molar-refractivity contribution in [3.8, 4) is 0 Å². The number of nitrogens with zero attached hydrogens (tertiary/aromatic N) is 3. The van der Waals surface area contributed by atoms with Gasteiger partial charge in [-0.25, -0.2) is 9.29 Å². The molecule has 0 radical (unpaired) electrons. The molecule has 0 bridgehead atoms. The van der Waals surface area contributed by atoms with Gasteiger partial charge in [-0.3, -0.25) is 14.5 Å². The van der Waals surface area contributed by atoms with Gasteiger partial charge in [0.25, 0.3) is 5.91 Å². The van der Waals surface area contributed by atoms with Crippen LogP contribution in [0.2, 0.25) is 0 Å². The van der Waals surface area contributed by atoms with Crippen molar-refractivity contribution in [2.45, 2.75) is 18.6 Å². The Balaban J connectivity index is 1.43. The van der Waals surface area contributed by atoms with Crippen LogP contribution in [0.25, 0.3) is 0 Å². The Kier molecular flexibility index (Phi) is 5.23. The Morgan fingerprint density at radius 1 is 0.867 bits per heavy atom. The average Bonchev–Trinajstić information content (AvgIpc) is 3.02. The monoisotopic (exact) mass is 421 g/mol. The molecular formula is C21H19F4N3O2. The fraction of sp³-hybridized carbons (Fsp3) is 0.333. The van der Waals surface area contributed by atoms with Gasteiger partial charge in [-0.2, -0.15) is 13.2 Å². The van der Waals surface area contributed by atoms with Crippen LogP contribution in [0.15, 0.2) is 48.5 Å². The van der Waals surface area contributed by atoms with Crippen molar-refractivity contribution < 1.29 is 27.2 Å². The smallest absolute Gasteiger partial charge is 0.369 e. The summed E-state index contributed by atoms with van der Waals surface area (Å²) in [6.07, 6.45) is -4.38. The van der Waals surface area contributed by atoms with E-state index in [2.05, 4.69) is 0 Å². The Morgan fingerprint density at radius 2 is 1.53 bits per heavy atom. The number of amides is 2. The average molecular weight is 421 g/mol. The van der Waals surface area contributed by atoms with Crippen LogP contribution in [0, 0.1) is 5.82 Å². The second-order valence-electron chi connectivity index (χ2n) is 7.33. The number of carbonyl (C=O) groups excluding carboxylic acids is 2. The molecule has 0 saturated carbocycles. The number of anilines is 2. The maximum absolute atomic E-state index is 13.1. The normalized spacial score (nSPS) is 20.9. The van der Waals surface area contributed by atoms with Gasteiger partial charge in [0.05, 0.1) is 23.7 Å². The number of imide groups is 1. The molecule has 0 unspecified atom stereocenters. The van der Waals surface area contributed by atoms with E-state index in [4.69, 9.17) is 0 Å². The van der Waals surface area contributed by atoms with Crippen molar-refractivity contribution in [3.05, 3.63) is 59.9 Å². The standard InChI is InChI=1S/C21H19F4N3O2/c22-15-4-6-16(7-5-15)28-19(29)13-18(20(28)30)27-10-8-26(9-11-27)17-3-1-2-14(12-17)21(23,24)25/h1-7,12,18H,8-11,13H2/t18-/m0/s1. The summed E-state index contributed by atoms with van der Waals surface area (Å²) in [5.74, 6) is -1.17. The van der Waals surface area contributed by atoms with Crippen LogP contribution in [-0.4, -0.2) is 48.9 Å². The van der Waals surface area contributed by atoms with Gasteiger partial charge in [0, 0.05) is 31.9 Å². The van der Waals surface area contributed by atoms with Crippen LogP contribution >= 0.6 is 0 Å². The number of alkyl halides is 3. The van der Waals surface area contributed by atoms with Crippen LogP contribution in [-0.2, 0) is 15.8 Å². The minimum Gasteiger partial charge on any atom is -0.369 e. The van der Waals surface area contributed by atoms with Gasteiger partial charge in [-0.1, -0.05) is 6.07 Å². The number of piperazine rings is 1. The third-order valence-corrected chi connectivity index (χ3v) is 5.50. The molecule has 4 rings (SSSR count). The van der Waals surface area contributed by atoms with Gasteiger partial charge in [-0.05, 0) is 42.5 Å².